The number of H-pyrrole nitrogens is 1. The fraction of sp³-hybridized carbons (Fsp3) is 0.0625. The molecule has 0 aliphatic heterocycles. The number of thioether (sulfide) groups is 1. The maximum absolute atomic E-state index is 11.8. The summed E-state index contributed by atoms with van der Waals surface area (Å²) in [6, 6.07) is 14.9. The van der Waals surface area contributed by atoms with Gasteiger partial charge in [0.25, 0.3) is 5.91 Å². The van der Waals surface area contributed by atoms with Crippen LogP contribution in [0.5, 0.6) is 0 Å². The van der Waals surface area contributed by atoms with Gasteiger partial charge in [0, 0.05) is 5.69 Å². The summed E-state index contributed by atoms with van der Waals surface area (Å²) >= 11 is 1.33. The summed E-state index contributed by atoms with van der Waals surface area (Å²) < 4.78 is 0. The number of nitrogens with two attached hydrogens (primary N) is 1. The van der Waals surface area contributed by atoms with Crippen molar-refractivity contribution in [1.82, 2.24) is 15.4 Å². The lowest BCUT2D eigenvalue weighted by atomic mass is 10.2. The highest BCUT2D eigenvalue weighted by molar-refractivity contribution is 7.99. The van der Waals surface area contributed by atoms with Crippen LogP contribution < -0.4 is 11.2 Å². The van der Waals surface area contributed by atoms with Crippen molar-refractivity contribution in [3.63, 3.8) is 0 Å². The summed E-state index contributed by atoms with van der Waals surface area (Å²) in [4.78, 5) is 19.3. The molecule has 0 radical (unpaired) electrons. The molecule has 6 nitrogen and oxygen atoms in total. The van der Waals surface area contributed by atoms with Gasteiger partial charge in [0.05, 0.1) is 23.0 Å². The Hall–Kier alpha value is -2.80. The molecule has 1 aromatic heterocycles. The first-order valence-corrected chi connectivity index (χ1v) is 7.94. The average Bonchev–Trinajstić information content (AvgIpc) is 2.98. The number of hydrogen-bond donors (Lipinski definition) is 3. The van der Waals surface area contributed by atoms with Crippen LogP contribution in [-0.2, 0) is 4.79 Å². The van der Waals surface area contributed by atoms with Crippen molar-refractivity contribution in [2.24, 2.45) is 5.10 Å². The fourth-order valence-electron chi connectivity index (χ4n) is 1.92. The zero-order valence-electron chi connectivity index (χ0n) is 12.2. The van der Waals surface area contributed by atoms with Gasteiger partial charge in [-0.25, -0.2) is 10.4 Å². The summed E-state index contributed by atoms with van der Waals surface area (Å²) in [5.74, 6) is 0.0426. The SMILES string of the molecule is Nc1ccc(/C=N/NC(=O)CSc2nc3ccccc3[nH]2)cc1. The Kier molecular flexibility index (Phi) is 4.58. The van der Waals surface area contributed by atoms with Crippen molar-refractivity contribution in [2.45, 2.75) is 5.16 Å². The molecule has 3 aromatic rings. The molecule has 23 heavy (non-hydrogen) atoms. The second-order valence-electron chi connectivity index (χ2n) is 4.81. The number of carbonyl (C=O) groups excluding carboxylic acids is 1. The molecule has 1 heterocycles. The van der Waals surface area contributed by atoms with Gasteiger partial charge in [-0.3, -0.25) is 4.79 Å². The first-order chi connectivity index (χ1) is 11.2. The molecule has 1 amide bonds. The van der Waals surface area contributed by atoms with Crippen LogP contribution >= 0.6 is 11.8 Å². The van der Waals surface area contributed by atoms with Crippen molar-refractivity contribution in [2.75, 3.05) is 11.5 Å². The number of hydrogen-bond acceptors (Lipinski definition) is 5. The molecule has 0 aliphatic carbocycles. The predicted octanol–water partition coefficient (Wildman–Crippen LogP) is 2.39. The van der Waals surface area contributed by atoms with Crippen molar-refractivity contribution >= 4 is 40.6 Å². The Morgan fingerprint density at radius 2 is 2.04 bits per heavy atom. The van der Waals surface area contributed by atoms with Gasteiger partial charge in [-0.1, -0.05) is 36.0 Å². The summed E-state index contributed by atoms with van der Waals surface area (Å²) in [6.45, 7) is 0. The van der Waals surface area contributed by atoms with E-state index in [0.29, 0.717) is 10.8 Å². The third kappa shape index (κ3) is 4.10. The Balaban J connectivity index is 1.50. The van der Waals surface area contributed by atoms with E-state index in [1.54, 1.807) is 18.3 Å². The fourth-order valence-corrected chi connectivity index (χ4v) is 2.60. The van der Waals surface area contributed by atoms with Gasteiger partial charge >= 0.3 is 0 Å². The molecule has 0 bridgehead atoms. The molecule has 116 valence electrons. The number of nitrogens with one attached hydrogen (secondary N) is 2. The number of para-hydroxylation sites is 2. The second-order valence-corrected chi connectivity index (χ2v) is 5.77. The summed E-state index contributed by atoms with van der Waals surface area (Å²) in [5, 5.41) is 4.63. The molecule has 0 atom stereocenters. The highest BCUT2D eigenvalue weighted by Gasteiger charge is 2.06. The van der Waals surface area contributed by atoms with Crippen LogP contribution in [0.25, 0.3) is 11.0 Å². The van der Waals surface area contributed by atoms with E-state index in [2.05, 4.69) is 20.5 Å². The highest BCUT2D eigenvalue weighted by atomic mass is 32.2. The van der Waals surface area contributed by atoms with Crippen LogP contribution in [0.4, 0.5) is 5.69 Å². The topological polar surface area (TPSA) is 96.2 Å². The summed E-state index contributed by atoms with van der Waals surface area (Å²) in [7, 11) is 0. The van der Waals surface area contributed by atoms with E-state index < -0.39 is 0 Å². The first-order valence-electron chi connectivity index (χ1n) is 6.96. The summed E-state index contributed by atoms with van der Waals surface area (Å²) in [5.41, 5.74) is 11.5. The minimum Gasteiger partial charge on any atom is -0.399 e. The highest BCUT2D eigenvalue weighted by Crippen LogP contribution is 2.18. The quantitative estimate of drug-likeness (QED) is 0.290. The van der Waals surface area contributed by atoms with Crippen LogP contribution in [0.1, 0.15) is 5.56 Å². The average molecular weight is 325 g/mol. The lowest BCUT2D eigenvalue weighted by Gasteiger charge is -1.98. The third-order valence-corrected chi connectivity index (χ3v) is 3.92. The number of nitrogens with zero attached hydrogens (tertiary/aromatic N) is 2. The number of carbonyl (C=O) groups is 1. The maximum Gasteiger partial charge on any atom is 0.250 e. The number of hydrazone groups is 1. The predicted molar refractivity (Wildman–Crippen MR) is 93.4 cm³/mol. The van der Waals surface area contributed by atoms with Crippen LogP contribution in [0.2, 0.25) is 0 Å². The molecule has 0 saturated heterocycles. The normalized spacial score (nSPS) is 11.1. The lowest BCUT2D eigenvalue weighted by Crippen LogP contribution is -2.19. The monoisotopic (exact) mass is 325 g/mol. The number of aromatic amines is 1. The van der Waals surface area contributed by atoms with E-state index >= 15 is 0 Å². The number of nitrogen functional groups attached to an aromatic ring is 1. The molecule has 3 rings (SSSR count). The van der Waals surface area contributed by atoms with Gasteiger partial charge < -0.3 is 10.7 Å². The van der Waals surface area contributed by atoms with E-state index in [1.807, 2.05) is 36.4 Å². The van der Waals surface area contributed by atoms with E-state index in [1.165, 1.54) is 11.8 Å². The number of rotatable bonds is 5. The molecule has 7 heteroatoms. The Morgan fingerprint density at radius 3 is 2.83 bits per heavy atom. The number of anilines is 1. The van der Waals surface area contributed by atoms with Crippen LogP contribution in [-0.4, -0.2) is 27.8 Å². The zero-order chi connectivity index (χ0) is 16.1. The lowest BCUT2D eigenvalue weighted by molar-refractivity contribution is -0.118. The number of fused-ring (bicyclic) bond motifs is 1. The molecule has 0 aliphatic rings. The minimum atomic E-state index is -0.192. The van der Waals surface area contributed by atoms with Gasteiger partial charge in [-0.2, -0.15) is 5.10 Å². The molecule has 2 aromatic carbocycles. The molecule has 0 spiro atoms. The van der Waals surface area contributed by atoms with Crippen LogP contribution in [0.15, 0.2) is 58.8 Å². The Bertz CT molecular complexity index is 808. The third-order valence-electron chi connectivity index (χ3n) is 3.05. The molecule has 0 fully saturated rings. The van der Waals surface area contributed by atoms with Gasteiger partial charge in [0.2, 0.25) is 0 Å². The van der Waals surface area contributed by atoms with Crippen molar-refractivity contribution < 1.29 is 4.79 Å². The molecule has 0 saturated carbocycles. The van der Waals surface area contributed by atoms with Gasteiger partial charge in [0.15, 0.2) is 5.16 Å². The van der Waals surface area contributed by atoms with Crippen molar-refractivity contribution in [3.8, 4) is 0 Å². The van der Waals surface area contributed by atoms with Crippen LogP contribution in [0.3, 0.4) is 0 Å². The van der Waals surface area contributed by atoms with E-state index in [-0.39, 0.29) is 11.7 Å². The van der Waals surface area contributed by atoms with Crippen LogP contribution in [0, 0.1) is 0 Å². The standard InChI is InChI=1S/C16H15N5OS/c17-12-7-5-11(6-8-12)9-18-21-15(22)10-23-16-19-13-3-1-2-4-14(13)20-16/h1-9H,10,17H2,(H,19,20)(H,21,22)/b18-9+. The number of benzene rings is 2. The molecular formula is C16H15N5OS. The molecule has 4 N–H and O–H groups in total. The smallest absolute Gasteiger partial charge is 0.250 e. The molecular weight excluding hydrogens is 310 g/mol. The largest absolute Gasteiger partial charge is 0.399 e. The number of aromatic nitrogens is 2. The Labute approximate surface area is 137 Å². The van der Waals surface area contributed by atoms with Gasteiger partial charge in [0.1, 0.15) is 0 Å². The zero-order valence-corrected chi connectivity index (χ0v) is 13.0. The van der Waals surface area contributed by atoms with E-state index in [4.69, 9.17) is 5.73 Å². The number of imidazole rings is 1. The van der Waals surface area contributed by atoms with E-state index in [0.717, 1.165) is 16.6 Å². The molecule has 0 unspecified atom stereocenters. The maximum atomic E-state index is 11.8. The van der Waals surface area contributed by atoms with Crippen molar-refractivity contribution in [3.05, 3.63) is 54.1 Å². The van der Waals surface area contributed by atoms with Gasteiger partial charge in [-0.05, 0) is 29.8 Å². The number of amides is 1. The second kappa shape index (κ2) is 6.97. The first kappa shape index (κ1) is 15.1. The summed E-state index contributed by atoms with van der Waals surface area (Å²) in [6.07, 6.45) is 1.57. The minimum absolute atomic E-state index is 0.192. The van der Waals surface area contributed by atoms with Crippen molar-refractivity contribution in [1.29, 1.82) is 0 Å². The Morgan fingerprint density at radius 1 is 1.26 bits per heavy atom. The van der Waals surface area contributed by atoms with Gasteiger partial charge in [-0.15, -0.1) is 0 Å². The van der Waals surface area contributed by atoms with E-state index in [9.17, 15) is 4.79 Å².